The molecular weight excluding hydrogens is 457 g/mol. The summed E-state index contributed by atoms with van der Waals surface area (Å²) in [4.78, 5) is 27.1. The average molecular weight is 476 g/mol. The Bertz CT molecular complexity index is 1150. The van der Waals surface area contributed by atoms with Gasteiger partial charge >= 0.3 is 12.0 Å². The van der Waals surface area contributed by atoms with E-state index < -0.39 is 12.0 Å². The first-order valence-corrected chi connectivity index (χ1v) is 10.1. The molecule has 0 saturated carbocycles. The second-order valence-electron chi connectivity index (χ2n) is 6.61. The quantitative estimate of drug-likeness (QED) is 0.415. The number of carbonyl (C=O) groups excluding carboxylic acids is 1. The highest BCUT2D eigenvalue weighted by molar-refractivity contribution is 6.38. The maximum atomic E-state index is 12.3. The van der Waals surface area contributed by atoms with Crippen LogP contribution >= 0.6 is 23.2 Å². The van der Waals surface area contributed by atoms with E-state index in [1.807, 2.05) is 0 Å². The Morgan fingerprint density at radius 2 is 1.81 bits per heavy atom. The van der Waals surface area contributed by atoms with Crippen LogP contribution in [0.5, 0.6) is 17.2 Å². The summed E-state index contributed by atoms with van der Waals surface area (Å²) in [5.74, 6) is 0.0767. The summed E-state index contributed by atoms with van der Waals surface area (Å²) >= 11 is 12.4. The number of rotatable bonds is 7. The number of halogens is 2. The minimum absolute atomic E-state index is 0.109. The van der Waals surface area contributed by atoms with E-state index in [9.17, 15) is 9.59 Å². The molecule has 0 aliphatic rings. The second kappa shape index (κ2) is 10.2. The molecule has 3 aromatic rings. The average Bonchev–Trinajstić information content (AvgIpc) is 2.79. The van der Waals surface area contributed by atoms with Gasteiger partial charge in [0, 0.05) is 29.9 Å². The molecule has 2 aromatic carbocycles. The van der Waals surface area contributed by atoms with Crippen molar-refractivity contribution in [1.82, 2.24) is 10.3 Å². The molecule has 3 rings (SSSR count). The van der Waals surface area contributed by atoms with Crippen LogP contribution in [0.25, 0.3) is 0 Å². The fourth-order valence-corrected chi connectivity index (χ4v) is 3.20. The largest absolute Gasteiger partial charge is 0.494 e. The second-order valence-corrected chi connectivity index (χ2v) is 7.40. The van der Waals surface area contributed by atoms with E-state index in [0.29, 0.717) is 38.5 Å². The number of pyridine rings is 1. The maximum Gasteiger partial charge on any atom is 0.354 e. The molecule has 0 atom stereocenters. The molecule has 10 heteroatoms. The number of aromatic carboxylic acids is 1. The van der Waals surface area contributed by atoms with Gasteiger partial charge in [-0.15, -0.1) is 0 Å². The van der Waals surface area contributed by atoms with Gasteiger partial charge in [-0.2, -0.15) is 0 Å². The van der Waals surface area contributed by atoms with Crippen molar-refractivity contribution in [1.29, 1.82) is 0 Å². The van der Waals surface area contributed by atoms with Gasteiger partial charge in [0.05, 0.1) is 12.1 Å². The highest BCUT2D eigenvalue weighted by Crippen LogP contribution is 2.39. The highest BCUT2D eigenvalue weighted by Gasteiger charge is 2.16. The van der Waals surface area contributed by atoms with Gasteiger partial charge < -0.3 is 25.2 Å². The molecule has 0 radical (unpaired) electrons. The molecule has 0 saturated heterocycles. The molecule has 0 spiro atoms. The van der Waals surface area contributed by atoms with Crippen molar-refractivity contribution in [2.24, 2.45) is 0 Å². The normalized spacial score (nSPS) is 10.4. The molecule has 3 N–H and O–H groups in total. The van der Waals surface area contributed by atoms with Gasteiger partial charge in [-0.3, -0.25) is 0 Å². The molecule has 0 aliphatic heterocycles. The van der Waals surface area contributed by atoms with Crippen molar-refractivity contribution in [3.8, 4) is 17.2 Å². The third kappa shape index (κ3) is 5.60. The number of carboxylic acid groups (broad SMARTS) is 1. The van der Waals surface area contributed by atoms with Gasteiger partial charge in [-0.25, -0.2) is 14.6 Å². The van der Waals surface area contributed by atoms with Crippen LogP contribution < -0.4 is 20.1 Å². The first-order chi connectivity index (χ1) is 15.3. The Hall–Kier alpha value is -3.49. The number of amides is 2. The number of carbonyl (C=O) groups is 2. The summed E-state index contributed by atoms with van der Waals surface area (Å²) in [6.45, 7) is 1.99. The Labute approximate surface area is 194 Å². The molecular formula is C22H19Cl2N3O5. The summed E-state index contributed by atoms with van der Waals surface area (Å²) < 4.78 is 10.9. The van der Waals surface area contributed by atoms with Crippen LogP contribution in [-0.2, 0) is 6.54 Å². The van der Waals surface area contributed by atoms with Crippen molar-refractivity contribution in [2.45, 2.75) is 13.5 Å². The summed E-state index contributed by atoms with van der Waals surface area (Å²) in [5.41, 5.74) is 1.67. The molecule has 0 bridgehead atoms. The molecule has 166 valence electrons. The number of benzene rings is 2. The number of nitrogens with zero attached hydrogens (tertiary/aromatic N) is 1. The van der Waals surface area contributed by atoms with Crippen LogP contribution in [-0.4, -0.2) is 29.2 Å². The zero-order valence-electron chi connectivity index (χ0n) is 17.1. The lowest BCUT2D eigenvalue weighted by Crippen LogP contribution is -2.28. The van der Waals surface area contributed by atoms with Gasteiger partial charge in [-0.1, -0.05) is 35.3 Å². The lowest BCUT2D eigenvalue weighted by atomic mass is 10.2. The monoisotopic (exact) mass is 475 g/mol. The predicted molar refractivity (Wildman–Crippen MR) is 121 cm³/mol. The standard InChI is InChI=1S/C22H19Cl2N3O5/c1-12-16(23)10-18(31-2)20(19(12)24)27-22(30)26-11-13-3-5-14(6-4-13)32-15-7-8-25-17(9-15)21(28)29/h3-10H,11H2,1-2H3,(H,28,29)(H2,26,27,30). The van der Waals surface area contributed by atoms with Crippen molar-refractivity contribution in [3.05, 3.63) is 75.5 Å². The van der Waals surface area contributed by atoms with Gasteiger partial charge in [0.1, 0.15) is 22.9 Å². The minimum atomic E-state index is -1.14. The van der Waals surface area contributed by atoms with Crippen molar-refractivity contribution in [3.63, 3.8) is 0 Å². The molecule has 1 aromatic heterocycles. The molecule has 8 nitrogen and oxygen atoms in total. The van der Waals surface area contributed by atoms with E-state index in [1.54, 1.807) is 43.3 Å². The number of anilines is 1. The number of ether oxygens (including phenoxy) is 2. The molecule has 32 heavy (non-hydrogen) atoms. The van der Waals surface area contributed by atoms with Gasteiger partial charge in [0.25, 0.3) is 0 Å². The highest BCUT2D eigenvalue weighted by atomic mass is 35.5. The van der Waals surface area contributed by atoms with E-state index in [4.69, 9.17) is 37.8 Å². The number of nitrogens with one attached hydrogen (secondary N) is 2. The van der Waals surface area contributed by atoms with Gasteiger partial charge in [0.15, 0.2) is 5.69 Å². The Morgan fingerprint density at radius 1 is 1.09 bits per heavy atom. The molecule has 0 fully saturated rings. The van der Waals surface area contributed by atoms with E-state index in [1.165, 1.54) is 19.4 Å². The molecule has 2 amide bonds. The van der Waals surface area contributed by atoms with E-state index >= 15 is 0 Å². The van der Waals surface area contributed by atoms with Crippen LogP contribution in [0, 0.1) is 6.92 Å². The SMILES string of the molecule is COc1cc(Cl)c(C)c(Cl)c1NC(=O)NCc1ccc(Oc2ccnc(C(=O)O)c2)cc1. The number of aromatic nitrogens is 1. The number of urea groups is 1. The smallest absolute Gasteiger partial charge is 0.354 e. The van der Waals surface area contributed by atoms with E-state index in [2.05, 4.69) is 15.6 Å². The van der Waals surface area contributed by atoms with Crippen molar-refractivity contribution >= 4 is 40.9 Å². The van der Waals surface area contributed by atoms with Crippen molar-refractivity contribution < 1.29 is 24.2 Å². The summed E-state index contributed by atoms with van der Waals surface area (Å²) in [7, 11) is 1.46. The van der Waals surface area contributed by atoms with Crippen LogP contribution in [0.3, 0.4) is 0 Å². The molecule has 0 unspecified atom stereocenters. The fraction of sp³-hybridized carbons (Fsp3) is 0.136. The first-order valence-electron chi connectivity index (χ1n) is 9.32. The third-order valence-corrected chi connectivity index (χ3v) is 5.30. The summed E-state index contributed by atoms with van der Waals surface area (Å²) in [6, 6.07) is 11.0. The van der Waals surface area contributed by atoms with Gasteiger partial charge in [-0.05, 0) is 36.2 Å². The van der Waals surface area contributed by atoms with Gasteiger partial charge in [0.2, 0.25) is 0 Å². The Morgan fingerprint density at radius 3 is 2.47 bits per heavy atom. The summed E-state index contributed by atoms with van der Waals surface area (Å²) in [6.07, 6.45) is 1.36. The minimum Gasteiger partial charge on any atom is -0.494 e. The number of carboxylic acids is 1. The van der Waals surface area contributed by atoms with Crippen molar-refractivity contribution in [2.75, 3.05) is 12.4 Å². The molecule has 0 aliphatic carbocycles. The predicted octanol–water partition coefficient (Wildman–Crippen LogP) is 5.52. The topological polar surface area (TPSA) is 110 Å². The summed E-state index contributed by atoms with van der Waals surface area (Å²) in [5, 5.41) is 15.2. The maximum absolute atomic E-state index is 12.3. The first kappa shape index (κ1) is 23.2. The van der Waals surface area contributed by atoms with Crippen LogP contribution in [0.2, 0.25) is 10.0 Å². The zero-order valence-corrected chi connectivity index (χ0v) is 18.6. The fourth-order valence-electron chi connectivity index (χ4n) is 2.72. The van der Waals surface area contributed by atoms with Crippen LogP contribution in [0.15, 0.2) is 48.7 Å². The Kier molecular flexibility index (Phi) is 7.40. The van der Waals surface area contributed by atoms with E-state index in [-0.39, 0.29) is 12.2 Å². The molecule has 1 heterocycles. The van der Waals surface area contributed by atoms with Crippen LogP contribution in [0.1, 0.15) is 21.6 Å². The lowest BCUT2D eigenvalue weighted by Gasteiger charge is -2.15. The zero-order chi connectivity index (χ0) is 23.3. The third-order valence-electron chi connectivity index (χ3n) is 4.43. The number of hydrogen-bond donors (Lipinski definition) is 3. The Balaban J connectivity index is 1.60. The van der Waals surface area contributed by atoms with Crippen LogP contribution in [0.4, 0.5) is 10.5 Å². The lowest BCUT2D eigenvalue weighted by molar-refractivity contribution is 0.0690. The van der Waals surface area contributed by atoms with E-state index in [0.717, 1.165) is 5.56 Å². The number of hydrogen-bond acceptors (Lipinski definition) is 5. The number of methoxy groups -OCH3 is 1.